The molecule has 0 aliphatic heterocycles. The zero-order valence-corrected chi connectivity index (χ0v) is 18.2. The first-order chi connectivity index (χ1) is 13.8. The van der Waals surface area contributed by atoms with Gasteiger partial charge >= 0.3 is 0 Å². The molecule has 0 bridgehead atoms. The van der Waals surface area contributed by atoms with Gasteiger partial charge in [0.1, 0.15) is 0 Å². The SMILES string of the molecule is CCOc1ccc(CCNC(=O)c2cc(S(=O)(=O)NC)ccc2Cl)cc1OCC. The second-order valence-corrected chi connectivity index (χ2v) is 8.30. The predicted octanol–water partition coefficient (Wildman–Crippen LogP) is 3.02. The third kappa shape index (κ3) is 6.09. The molecule has 0 aliphatic carbocycles. The van der Waals surface area contributed by atoms with E-state index in [9.17, 15) is 13.2 Å². The van der Waals surface area contributed by atoms with Gasteiger partial charge in [0.25, 0.3) is 5.91 Å². The van der Waals surface area contributed by atoms with Crippen LogP contribution in [0.15, 0.2) is 41.3 Å². The van der Waals surface area contributed by atoms with E-state index in [0.29, 0.717) is 37.7 Å². The van der Waals surface area contributed by atoms with Crippen LogP contribution >= 0.6 is 11.6 Å². The molecule has 158 valence electrons. The molecule has 0 saturated carbocycles. The average molecular weight is 441 g/mol. The van der Waals surface area contributed by atoms with Crippen LogP contribution in [0.1, 0.15) is 29.8 Å². The number of carbonyl (C=O) groups is 1. The molecule has 0 saturated heterocycles. The van der Waals surface area contributed by atoms with E-state index in [2.05, 4.69) is 10.0 Å². The fourth-order valence-corrected chi connectivity index (χ4v) is 3.59. The Balaban J connectivity index is 2.07. The number of hydrogen-bond donors (Lipinski definition) is 2. The fourth-order valence-electron chi connectivity index (χ4n) is 2.63. The quantitative estimate of drug-likeness (QED) is 0.592. The number of carbonyl (C=O) groups excluding carboxylic acids is 1. The third-order valence-electron chi connectivity index (χ3n) is 4.07. The van der Waals surface area contributed by atoms with Crippen LogP contribution in [-0.2, 0) is 16.4 Å². The highest BCUT2D eigenvalue weighted by Gasteiger charge is 2.17. The summed E-state index contributed by atoms with van der Waals surface area (Å²) in [6.07, 6.45) is 0.560. The molecule has 9 heteroatoms. The number of halogens is 1. The molecule has 0 fully saturated rings. The van der Waals surface area contributed by atoms with Gasteiger partial charge in [0.15, 0.2) is 11.5 Å². The maximum atomic E-state index is 12.5. The van der Waals surface area contributed by atoms with Crippen LogP contribution < -0.4 is 19.5 Å². The summed E-state index contributed by atoms with van der Waals surface area (Å²) in [4.78, 5) is 12.5. The van der Waals surface area contributed by atoms with Crippen LogP contribution in [0.3, 0.4) is 0 Å². The largest absolute Gasteiger partial charge is 0.490 e. The zero-order chi connectivity index (χ0) is 21.4. The lowest BCUT2D eigenvalue weighted by molar-refractivity contribution is 0.0954. The molecular weight excluding hydrogens is 416 g/mol. The van der Waals surface area contributed by atoms with Gasteiger partial charge in [0.2, 0.25) is 10.0 Å². The van der Waals surface area contributed by atoms with Crippen molar-refractivity contribution in [1.29, 1.82) is 0 Å². The molecule has 0 aliphatic rings. The topological polar surface area (TPSA) is 93.7 Å². The lowest BCUT2D eigenvalue weighted by Gasteiger charge is -2.13. The Morgan fingerprint density at radius 3 is 2.38 bits per heavy atom. The van der Waals surface area contributed by atoms with E-state index in [-0.39, 0.29) is 15.5 Å². The normalized spacial score (nSPS) is 11.2. The number of nitrogens with one attached hydrogen (secondary N) is 2. The van der Waals surface area contributed by atoms with Gasteiger partial charge in [-0.1, -0.05) is 17.7 Å². The molecule has 2 N–H and O–H groups in total. The number of amides is 1. The van der Waals surface area contributed by atoms with E-state index >= 15 is 0 Å². The summed E-state index contributed by atoms with van der Waals surface area (Å²) in [7, 11) is -2.37. The van der Waals surface area contributed by atoms with Gasteiger partial charge in [0, 0.05) is 6.54 Å². The summed E-state index contributed by atoms with van der Waals surface area (Å²) in [6.45, 7) is 5.21. The van der Waals surface area contributed by atoms with Gasteiger partial charge in [-0.05, 0) is 63.2 Å². The van der Waals surface area contributed by atoms with Crippen molar-refractivity contribution in [2.24, 2.45) is 0 Å². The lowest BCUT2D eigenvalue weighted by atomic mass is 10.1. The summed E-state index contributed by atoms with van der Waals surface area (Å²) in [5, 5.41) is 2.94. The predicted molar refractivity (Wildman–Crippen MR) is 113 cm³/mol. The molecule has 0 aromatic heterocycles. The fraction of sp³-hybridized carbons (Fsp3) is 0.350. The Labute approximate surface area is 176 Å². The van der Waals surface area contributed by atoms with Gasteiger partial charge < -0.3 is 14.8 Å². The molecule has 1 amide bonds. The highest BCUT2D eigenvalue weighted by atomic mass is 35.5. The molecule has 29 heavy (non-hydrogen) atoms. The number of ether oxygens (including phenoxy) is 2. The van der Waals surface area contributed by atoms with Gasteiger partial charge in [-0.2, -0.15) is 0 Å². The van der Waals surface area contributed by atoms with Crippen molar-refractivity contribution in [2.75, 3.05) is 26.8 Å². The minimum absolute atomic E-state index is 0.0255. The summed E-state index contributed by atoms with van der Waals surface area (Å²) in [6, 6.07) is 9.63. The van der Waals surface area contributed by atoms with E-state index in [1.54, 1.807) is 0 Å². The summed E-state index contributed by atoms with van der Waals surface area (Å²) in [5.41, 5.74) is 1.07. The van der Waals surface area contributed by atoms with Gasteiger partial charge in [-0.25, -0.2) is 13.1 Å². The second-order valence-electron chi connectivity index (χ2n) is 6.00. The van der Waals surface area contributed by atoms with Gasteiger partial charge in [-0.15, -0.1) is 0 Å². The summed E-state index contributed by atoms with van der Waals surface area (Å²) >= 11 is 6.08. The average Bonchev–Trinajstić information content (AvgIpc) is 2.70. The minimum Gasteiger partial charge on any atom is -0.490 e. The molecule has 2 aromatic carbocycles. The number of rotatable bonds is 10. The van der Waals surface area contributed by atoms with Crippen molar-refractivity contribution < 1.29 is 22.7 Å². The van der Waals surface area contributed by atoms with Crippen molar-refractivity contribution in [3.05, 3.63) is 52.5 Å². The molecule has 0 radical (unpaired) electrons. The minimum atomic E-state index is -3.67. The number of hydrogen-bond acceptors (Lipinski definition) is 5. The second kappa shape index (κ2) is 10.5. The lowest BCUT2D eigenvalue weighted by Crippen LogP contribution is -2.26. The summed E-state index contributed by atoms with van der Waals surface area (Å²) in [5.74, 6) is 0.891. The Kier molecular flexibility index (Phi) is 8.31. The molecule has 0 unspecified atom stereocenters. The van der Waals surface area contributed by atoms with Crippen molar-refractivity contribution >= 4 is 27.5 Å². The van der Waals surface area contributed by atoms with E-state index in [1.165, 1.54) is 25.2 Å². The Hall–Kier alpha value is -2.29. The Morgan fingerprint density at radius 1 is 1.03 bits per heavy atom. The molecule has 7 nitrogen and oxygen atoms in total. The van der Waals surface area contributed by atoms with Crippen LogP contribution in [-0.4, -0.2) is 41.1 Å². The van der Waals surface area contributed by atoms with Crippen molar-refractivity contribution in [1.82, 2.24) is 10.0 Å². The first kappa shape index (κ1) is 23.0. The molecular formula is C20H25ClN2O5S. The van der Waals surface area contributed by atoms with Crippen molar-refractivity contribution in [2.45, 2.75) is 25.2 Å². The molecule has 2 rings (SSSR count). The van der Waals surface area contributed by atoms with Crippen molar-refractivity contribution in [3.8, 4) is 11.5 Å². The van der Waals surface area contributed by atoms with Crippen LogP contribution in [0.4, 0.5) is 0 Å². The molecule has 0 atom stereocenters. The highest BCUT2D eigenvalue weighted by molar-refractivity contribution is 7.89. The summed E-state index contributed by atoms with van der Waals surface area (Å²) < 4.78 is 37.2. The maximum absolute atomic E-state index is 12.5. The molecule has 0 heterocycles. The van der Waals surface area contributed by atoms with Crippen LogP contribution in [0.2, 0.25) is 5.02 Å². The van der Waals surface area contributed by atoms with Crippen LogP contribution in [0.5, 0.6) is 11.5 Å². The van der Waals surface area contributed by atoms with Gasteiger partial charge in [0.05, 0.1) is 28.7 Å². The van der Waals surface area contributed by atoms with Crippen molar-refractivity contribution in [3.63, 3.8) is 0 Å². The zero-order valence-electron chi connectivity index (χ0n) is 16.6. The van der Waals surface area contributed by atoms with E-state index < -0.39 is 15.9 Å². The third-order valence-corrected chi connectivity index (χ3v) is 5.81. The standard InChI is InChI=1S/C20H25ClN2O5S/c1-4-27-18-9-6-14(12-19(18)28-5-2)10-11-23-20(24)16-13-15(7-8-17(16)21)29(25,26)22-3/h6-9,12-13,22H,4-5,10-11H2,1-3H3,(H,23,24). The first-order valence-corrected chi connectivity index (χ1v) is 11.1. The number of sulfonamides is 1. The monoisotopic (exact) mass is 440 g/mol. The van der Waals surface area contributed by atoms with Gasteiger partial charge in [-0.3, -0.25) is 4.79 Å². The molecule has 2 aromatic rings. The van der Waals surface area contributed by atoms with Crippen LogP contribution in [0.25, 0.3) is 0 Å². The van der Waals surface area contributed by atoms with E-state index in [1.807, 2.05) is 32.0 Å². The Bertz CT molecular complexity index is 963. The Morgan fingerprint density at radius 2 is 1.72 bits per heavy atom. The smallest absolute Gasteiger partial charge is 0.252 e. The first-order valence-electron chi connectivity index (χ1n) is 9.22. The highest BCUT2D eigenvalue weighted by Crippen LogP contribution is 2.28. The van der Waals surface area contributed by atoms with E-state index in [4.69, 9.17) is 21.1 Å². The molecule has 0 spiro atoms. The van der Waals surface area contributed by atoms with E-state index in [0.717, 1.165) is 5.56 Å². The van der Waals surface area contributed by atoms with Crippen LogP contribution in [0, 0.1) is 0 Å². The number of benzene rings is 2. The maximum Gasteiger partial charge on any atom is 0.252 e.